The van der Waals surface area contributed by atoms with Crippen molar-refractivity contribution in [2.24, 2.45) is 5.92 Å². The van der Waals surface area contributed by atoms with Crippen LogP contribution in [0.2, 0.25) is 0 Å². The number of ether oxygens (including phenoxy) is 2. The first kappa shape index (κ1) is 23.2. The van der Waals surface area contributed by atoms with Crippen molar-refractivity contribution in [2.45, 2.75) is 71.3 Å². The van der Waals surface area contributed by atoms with E-state index in [9.17, 15) is 27.2 Å². The Morgan fingerprint density at radius 1 is 1.12 bits per heavy atom. The zero-order valence-electron chi connectivity index (χ0n) is 14.6. The number of carbonyl (C=O) groups excluding carboxylic acids is 2. The molecule has 0 fully saturated rings. The van der Waals surface area contributed by atoms with Crippen LogP contribution in [-0.4, -0.2) is 37.0 Å². The number of hydrogen-bond acceptors (Lipinski definition) is 4. The highest BCUT2D eigenvalue weighted by molar-refractivity contribution is 5.72. The molecule has 0 rings (SSSR count). The van der Waals surface area contributed by atoms with Gasteiger partial charge in [-0.25, -0.2) is 8.78 Å². The summed E-state index contributed by atoms with van der Waals surface area (Å²) >= 11 is 0. The van der Waals surface area contributed by atoms with Crippen LogP contribution >= 0.6 is 0 Å². The minimum absolute atomic E-state index is 0.00746. The topological polar surface area (TPSA) is 52.6 Å². The number of hydrogen-bond donors (Lipinski definition) is 0. The van der Waals surface area contributed by atoms with Crippen LogP contribution in [0.4, 0.5) is 17.6 Å². The molecule has 25 heavy (non-hydrogen) atoms. The van der Waals surface area contributed by atoms with E-state index in [1.54, 1.807) is 0 Å². The largest absolute Gasteiger partial charge is 0.459 e. The van der Waals surface area contributed by atoms with E-state index in [1.165, 1.54) is 0 Å². The molecule has 0 amide bonds. The third kappa shape index (κ3) is 11.4. The van der Waals surface area contributed by atoms with Crippen molar-refractivity contribution >= 4 is 11.9 Å². The maximum absolute atomic E-state index is 12.6. The second-order valence-corrected chi connectivity index (χ2v) is 5.86. The minimum atomic E-state index is -4.38. The van der Waals surface area contributed by atoms with E-state index in [2.05, 4.69) is 16.6 Å². The predicted molar refractivity (Wildman–Crippen MR) is 83.2 cm³/mol. The summed E-state index contributed by atoms with van der Waals surface area (Å²) in [6.45, 7) is 4.10. The monoisotopic (exact) mass is 368 g/mol. The van der Waals surface area contributed by atoms with Gasteiger partial charge >= 0.3 is 24.3 Å². The fraction of sp³-hybridized carbons (Fsp3) is 0.765. The fourth-order valence-corrected chi connectivity index (χ4v) is 1.69. The normalized spacial score (nSPS) is 12.5. The van der Waals surface area contributed by atoms with Crippen LogP contribution in [0.25, 0.3) is 0 Å². The molecule has 0 saturated carbocycles. The van der Waals surface area contributed by atoms with Crippen molar-refractivity contribution in [2.75, 3.05) is 6.61 Å². The SMILES string of the molecule is CCC#CC(CC(C)C)OC(=O)CCCC(=O)OCC(F)(F)C(F)F. The third-order valence-corrected chi connectivity index (χ3v) is 2.91. The second-order valence-electron chi connectivity index (χ2n) is 5.86. The summed E-state index contributed by atoms with van der Waals surface area (Å²) in [4.78, 5) is 23.0. The number of halogens is 4. The summed E-state index contributed by atoms with van der Waals surface area (Å²) in [5, 5.41) is 0. The molecule has 144 valence electrons. The standard InChI is InChI=1S/C17H24F4O4/c1-4-5-7-13(10-12(2)3)25-15(23)9-6-8-14(22)24-11-17(20,21)16(18)19/h12-13,16H,4,6,8-11H2,1-3H3. The van der Waals surface area contributed by atoms with E-state index in [-0.39, 0.29) is 25.2 Å². The van der Waals surface area contributed by atoms with Gasteiger partial charge in [0, 0.05) is 19.3 Å². The van der Waals surface area contributed by atoms with E-state index in [1.807, 2.05) is 20.8 Å². The molecule has 0 aliphatic heterocycles. The van der Waals surface area contributed by atoms with Gasteiger partial charge in [-0.3, -0.25) is 9.59 Å². The third-order valence-electron chi connectivity index (χ3n) is 2.91. The first-order valence-corrected chi connectivity index (χ1v) is 8.08. The van der Waals surface area contributed by atoms with Gasteiger partial charge in [-0.05, 0) is 18.8 Å². The molecule has 0 bridgehead atoms. The minimum Gasteiger partial charge on any atom is -0.459 e. The van der Waals surface area contributed by atoms with E-state index in [4.69, 9.17) is 4.74 Å². The van der Waals surface area contributed by atoms with Gasteiger partial charge in [0.05, 0.1) is 0 Å². The number of rotatable bonds is 10. The molecule has 0 aliphatic carbocycles. The lowest BCUT2D eigenvalue weighted by Gasteiger charge is -2.15. The fourth-order valence-electron chi connectivity index (χ4n) is 1.69. The number of alkyl halides is 4. The lowest BCUT2D eigenvalue weighted by atomic mass is 10.1. The summed E-state index contributed by atoms with van der Waals surface area (Å²) in [5.74, 6) is -0.0653. The van der Waals surface area contributed by atoms with Crippen LogP contribution < -0.4 is 0 Å². The van der Waals surface area contributed by atoms with Gasteiger partial charge < -0.3 is 9.47 Å². The van der Waals surface area contributed by atoms with Crippen molar-refractivity contribution in [1.29, 1.82) is 0 Å². The molecule has 8 heteroatoms. The average Bonchev–Trinajstić information content (AvgIpc) is 2.50. The Kier molecular flexibility index (Phi) is 10.9. The molecule has 0 aromatic rings. The summed E-state index contributed by atoms with van der Waals surface area (Å²) in [6.07, 6.45) is -3.70. The van der Waals surface area contributed by atoms with Crippen LogP contribution in [-0.2, 0) is 19.1 Å². The number of carbonyl (C=O) groups is 2. The van der Waals surface area contributed by atoms with E-state index >= 15 is 0 Å². The van der Waals surface area contributed by atoms with E-state index in [0.29, 0.717) is 12.8 Å². The van der Waals surface area contributed by atoms with Gasteiger partial charge in [-0.1, -0.05) is 32.6 Å². The van der Waals surface area contributed by atoms with Crippen molar-refractivity contribution in [3.63, 3.8) is 0 Å². The smallest absolute Gasteiger partial charge is 0.340 e. The van der Waals surface area contributed by atoms with Crippen molar-refractivity contribution < 1.29 is 36.6 Å². The summed E-state index contributed by atoms with van der Waals surface area (Å²) in [5.41, 5.74) is 0. The highest BCUT2D eigenvalue weighted by atomic mass is 19.3. The first-order chi connectivity index (χ1) is 11.6. The Balaban J connectivity index is 4.18. The Morgan fingerprint density at radius 3 is 2.24 bits per heavy atom. The van der Waals surface area contributed by atoms with E-state index in [0.717, 1.165) is 0 Å². The molecule has 0 aromatic carbocycles. The van der Waals surface area contributed by atoms with Gasteiger partial charge in [0.25, 0.3) is 0 Å². The molecule has 0 aliphatic rings. The van der Waals surface area contributed by atoms with E-state index < -0.39 is 37.0 Å². The van der Waals surface area contributed by atoms with Crippen molar-refractivity contribution in [3.8, 4) is 11.8 Å². The zero-order valence-corrected chi connectivity index (χ0v) is 14.6. The molecule has 0 N–H and O–H groups in total. The molecule has 4 nitrogen and oxygen atoms in total. The maximum Gasteiger partial charge on any atom is 0.340 e. The molecule has 0 heterocycles. The second kappa shape index (κ2) is 11.7. The van der Waals surface area contributed by atoms with Gasteiger partial charge in [-0.15, -0.1) is 0 Å². The molecule has 0 spiro atoms. The molecule has 0 radical (unpaired) electrons. The van der Waals surface area contributed by atoms with Crippen LogP contribution in [0.1, 0.15) is 52.9 Å². The molecular weight excluding hydrogens is 344 g/mol. The Hall–Kier alpha value is -1.78. The van der Waals surface area contributed by atoms with Gasteiger partial charge in [0.15, 0.2) is 12.7 Å². The predicted octanol–water partition coefficient (Wildman–Crippen LogP) is 3.97. The van der Waals surface area contributed by atoms with Crippen LogP contribution in [0.5, 0.6) is 0 Å². The first-order valence-electron chi connectivity index (χ1n) is 8.08. The highest BCUT2D eigenvalue weighted by Crippen LogP contribution is 2.23. The summed E-state index contributed by atoms with van der Waals surface area (Å²) in [7, 11) is 0. The quantitative estimate of drug-likeness (QED) is 0.333. The summed E-state index contributed by atoms with van der Waals surface area (Å²) in [6, 6.07) is 0. The van der Waals surface area contributed by atoms with Gasteiger partial charge in [0.1, 0.15) is 0 Å². The average molecular weight is 368 g/mol. The molecule has 0 aromatic heterocycles. The maximum atomic E-state index is 12.6. The Labute approximate surface area is 145 Å². The molecule has 0 saturated heterocycles. The lowest BCUT2D eigenvalue weighted by molar-refractivity contribution is -0.179. The molecule has 1 atom stereocenters. The lowest BCUT2D eigenvalue weighted by Crippen LogP contribution is -2.33. The number of esters is 2. The van der Waals surface area contributed by atoms with Gasteiger partial charge in [-0.2, -0.15) is 8.78 Å². The molecule has 1 unspecified atom stereocenters. The molecular formula is C17H24F4O4. The Morgan fingerprint density at radius 2 is 1.72 bits per heavy atom. The van der Waals surface area contributed by atoms with Crippen molar-refractivity contribution in [3.05, 3.63) is 0 Å². The highest BCUT2D eigenvalue weighted by Gasteiger charge is 2.42. The van der Waals surface area contributed by atoms with Crippen LogP contribution in [0.15, 0.2) is 0 Å². The zero-order chi connectivity index (χ0) is 19.5. The van der Waals surface area contributed by atoms with Crippen molar-refractivity contribution in [1.82, 2.24) is 0 Å². The summed E-state index contributed by atoms with van der Waals surface area (Å²) < 4.78 is 58.3. The van der Waals surface area contributed by atoms with Gasteiger partial charge in [0.2, 0.25) is 0 Å². The Bertz CT molecular complexity index is 481. The van der Waals surface area contributed by atoms with Crippen LogP contribution in [0.3, 0.4) is 0 Å². The van der Waals surface area contributed by atoms with Crippen LogP contribution in [0, 0.1) is 17.8 Å².